The van der Waals surface area contributed by atoms with Crippen LogP contribution in [0.15, 0.2) is 30.7 Å². The van der Waals surface area contributed by atoms with Crippen molar-refractivity contribution in [1.82, 2.24) is 15.3 Å². The minimum Gasteiger partial charge on any atom is -0.385 e. The Hall–Kier alpha value is -2.34. The Labute approximate surface area is 142 Å². The number of carbonyl (C=O) groups excluding carboxylic acids is 1. The third-order valence-corrected chi connectivity index (χ3v) is 3.72. The first-order chi connectivity index (χ1) is 11.3. The summed E-state index contributed by atoms with van der Waals surface area (Å²) in [7, 11) is 0. The number of benzene rings is 1. The van der Waals surface area contributed by atoms with Crippen molar-refractivity contribution >= 4 is 11.6 Å². The first kappa shape index (κ1) is 18.0. The Morgan fingerprint density at radius 1 is 1.38 bits per heavy atom. The van der Waals surface area contributed by atoms with Crippen LogP contribution in [0.1, 0.15) is 48.5 Å². The second-order valence-corrected chi connectivity index (χ2v) is 7.13. The highest BCUT2D eigenvalue weighted by atomic mass is 16.3. The van der Waals surface area contributed by atoms with Crippen molar-refractivity contribution in [3.8, 4) is 0 Å². The van der Waals surface area contributed by atoms with E-state index < -0.39 is 6.10 Å². The molecule has 1 atom stereocenters. The fourth-order valence-electron chi connectivity index (χ4n) is 2.28. The maximum atomic E-state index is 12.4. The van der Waals surface area contributed by atoms with E-state index in [1.54, 1.807) is 12.3 Å². The van der Waals surface area contributed by atoms with E-state index in [0.717, 1.165) is 17.8 Å². The van der Waals surface area contributed by atoms with Gasteiger partial charge in [0.05, 0.1) is 18.2 Å². The molecule has 0 fully saturated rings. The topological polar surface area (TPSA) is 90.0 Å². The van der Waals surface area contributed by atoms with Crippen molar-refractivity contribution in [2.45, 2.75) is 33.8 Å². The molecule has 0 aliphatic rings. The first-order valence-corrected chi connectivity index (χ1v) is 8.06. The third-order valence-electron chi connectivity index (χ3n) is 3.72. The van der Waals surface area contributed by atoms with Crippen molar-refractivity contribution in [3.05, 3.63) is 47.5 Å². The van der Waals surface area contributed by atoms with Gasteiger partial charge < -0.3 is 20.7 Å². The number of carbonyl (C=O) groups is 1. The van der Waals surface area contributed by atoms with E-state index in [-0.39, 0.29) is 17.9 Å². The first-order valence-electron chi connectivity index (χ1n) is 8.06. The maximum Gasteiger partial charge on any atom is 0.251 e. The molecule has 0 bridgehead atoms. The number of nitrogens with zero attached hydrogens (tertiary/aromatic N) is 1. The smallest absolute Gasteiger partial charge is 0.251 e. The summed E-state index contributed by atoms with van der Waals surface area (Å²) >= 11 is 0. The van der Waals surface area contributed by atoms with Gasteiger partial charge in [-0.1, -0.05) is 26.8 Å². The van der Waals surface area contributed by atoms with Crippen LogP contribution in [0.2, 0.25) is 0 Å². The lowest BCUT2D eigenvalue weighted by Crippen LogP contribution is -2.29. The molecule has 2 rings (SSSR count). The van der Waals surface area contributed by atoms with Crippen LogP contribution < -0.4 is 10.6 Å². The average Bonchev–Trinajstić information content (AvgIpc) is 3.05. The molecule has 0 aliphatic heterocycles. The number of imidazole rings is 1. The average molecular weight is 330 g/mol. The van der Waals surface area contributed by atoms with Crippen LogP contribution in [0, 0.1) is 12.3 Å². The van der Waals surface area contributed by atoms with Crippen LogP contribution in [0.3, 0.4) is 0 Å². The molecule has 0 aliphatic carbocycles. The van der Waals surface area contributed by atoms with Crippen molar-refractivity contribution in [2.75, 3.05) is 18.4 Å². The molecule has 2 aromatic rings. The number of aliphatic hydroxyl groups is 1. The third kappa shape index (κ3) is 4.83. The molecule has 1 heterocycles. The SMILES string of the molecule is Cc1c(NCC(C)(C)C)cccc1C(=O)NCC(O)c1cnc[nH]1. The Bertz CT molecular complexity index is 675. The number of nitrogens with one attached hydrogen (secondary N) is 3. The predicted octanol–water partition coefficient (Wildman–Crippen LogP) is 2.64. The summed E-state index contributed by atoms with van der Waals surface area (Å²) < 4.78 is 0. The summed E-state index contributed by atoms with van der Waals surface area (Å²) in [5.74, 6) is -0.203. The Morgan fingerprint density at radius 3 is 2.75 bits per heavy atom. The van der Waals surface area contributed by atoms with Gasteiger partial charge in [0.1, 0.15) is 6.10 Å². The van der Waals surface area contributed by atoms with Gasteiger partial charge in [-0.05, 0) is 30.0 Å². The molecule has 0 radical (unpaired) electrons. The maximum absolute atomic E-state index is 12.4. The fraction of sp³-hybridized carbons (Fsp3) is 0.444. The highest BCUT2D eigenvalue weighted by Crippen LogP contribution is 2.21. The van der Waals surface area contributed by atoms with E-state index in [9.17, 15) is 9.90 Å². The Morgan fingerprint density at radius 2 is 2.12 bits per heavy atom. The molecule has 0 saturated carbocycles. The summed E-state index contributed by atoms with van der Waals surface area (Å²) in [6.45, 7) is 9.33. The van der Waals surface area contributed by atoms with Crippen LogP contribution >= 0.6 is 0 Å². The number of aromatic amines is 1. The van der Waals surface area contributed by atoms with Gasteiger partial charge in [0.2, 0.25) is 0 Å². The standard InChI is InChI=1S/C18H26N4O2/c1-12-13(6-5-7-14(12)21-10-18(2,3)4)17(24)20-9-16(23)15-8-19-11-22-15/h5-8,11,16,21,23H,9-10H2,1-4H3,(H,19,22)(H,20,24). The van der Waals surface area contributed by atoms with Gasteiger partial charge >= 0.3 is 0 Å². The lowest BCUT2D eigenvalue weighted by molar-refractivity contribution is 0.0914. The van der Waals surface area contributed by atoms with E-state index in [1.807, 2.05) is 19.1 Å². The number of amides is 1. The number of aliphatic hydroxyl groups excluding tert-OH is 1. The highest BCUT2D eigenvalue weighted by Gasteiger charge is 2.16. The lowest BCUT2D eigenvalue weighted by Gasteiger charge is -2.21. The van der Waals surface area contributed by atoms with Crippen molar-refractivity contribution in [3.63, 3.8) is 0 Å². The quantitative estimate of drug-likeness (QED) is 0.655. The van der Waals surface area contributed by atoms with Crippen molar-refractivity contribution < 1.29 is 9.90 Å². The number of H-pyrrole nitrogens is 1. The van der Waals surface area contributed by atoms with Crippen LogP contribution in [0.25, 0.3) is 0 Å². The van der Waals surface area contributed by atoms with Gasteiger partial charge in [-0.2, -0.15) is 0 Å². The normalized spacial score (nSPS) is 12.7. The highest BCUT2D eigenvalue weighted by molar-refractivity contribution is 5.97. The van der Waals surface area contributed by atoms with Crippen molar-refractivity contribution in [2.24, 2.45) is 5.41 Å². The molecule has 1 aromatic carbocycles. The molecule has 130 valence electrons. The van der Waals surface area contributed by atoms with Gasteiger partial charge in [-0.3, -0.25) is 4.79 Å². The predicted molar refractivity (Wildman–Crippen MR) is 95.0 cm³/mol. The van der Waals surface area contributed by atoms with Crippen molar-refractivity contribution in [1.29, 1.82) is 0 Å². The van der Waals surface area contributed by atoms with Gasteiger partial charge in [0, 0.05) is 24.3 Å². The van der Waals surface area contributed by atoms with E-state index >= 15 is 0 Å². The summed E-state index contributed by atoms with van der Waals surface area (Å²) in [6, 6.07) is 5.62. The number of hydrogen-bond donors (Lipinski definition) is 4. The zero-order chi connectivity index (χ0) is 17.7. The zero-order valence-corrected chi connectivity index (χ0v) is 14.7. The summed E-state index contributed by atoms with van der Waals surface area (Å²) in [5.41, 5.74) is 3.18. The van der Waals surface area contributed by atoms with Crippen LogP contribution in [0.5, 0.6) is 0 Å². The van der Waals surface area contributed by atoms with E-state index in [2.05, 4.69) is 41.4 Å². The van der Waals surface area contributed by atoms with Gasteiger partial charge in [-0.15, -0.1) is 0 Å². The minimum absolute atomic E-state index is 0.125. The van der Waals surface area contributed by atoms with Gasteiger partial charge in [-0.25, -0.2) is 4.98 Å². The fourth-order valence-corrected chi connectivity index (χ4v) is 2.28. The monoisotopic (exact) mass is 330 g/mol. The second kappa shape index (κ2) is 7.49. The minimum atomic E-state index is -0.807. The molecule has 24 heavy (non-hydrogen) atoms. The van der Waals surface area contributed by atoms with E-state index in [4.69, 9.17) is 0 Å². The second-order valence-electron chi connectivity index (χ2n) is 7.13. The lowest BCUT2D eigenvalue weighted by atomic mass is 9.96. The molecule has 0 saturated heterocycles. The van der Waals surface area contributed by atoms with Crippen LogP contribution in [-0.4, -0.2) is 34.1 Å². The van der Waals surface area contributed by atoms with Gasteiger partial charge in [0.25, 0.3) is 5.91 Å². The Kier molecular flexibility index (Phi) is 5.62. The number of anilines is 1. The van der Waals surface area contributed by atoms with E-state index in [1.165, 1.54) is 6.33 Å². The summed E-state index contributed by atoms with van der Waals surface area (Å²) in [4.78, 5) is 19.1. The zero-order valence-electron chi connectivity index (χ0n) is 14.7. The summed E-state index contributed by atoms with van der Waals surface area (Å²) in [5, 5.41) is 16.2. The largest absolute Gasteiger partial charge is 0.385 e. The number of aromatic nitrogens is 2. The summed E-state index contributed by atoms with van der Waals surface area (Å²) in [6.07, 6.45) is 2.23. The molecule has 0 spiro atoms. The molecule has 1 aromatic heterocycles. The van der Waals surface area contributed by atoms with Gasteiger partial charge in [0.15, 0.2) is 0 Å². The molecule has 6 heteroatoms. The van der Waals surface area contributed by atoms with Crippen LogP contribution in [0.4, 0.5) is 5.69 Å². The number of hydrogen-bond acceptors (Lipinski definition) is 4. The Balaban J connectivity index is 2.01. The van der Waals surface area contributed by atoms with Crippen LogP contribution in [-0.2, 0) is 0 Å². The molecule has 4 N–H and O–H groups in total. The molecular formula is C18H26N4O2. The molecular weight excluding hydrogens is 304 g/mol. The molecule has 6 nitrogen and oxygen atoms in total. The molecule has 1 amide bonds. The van der Waals surface area contributed by atoms with E-state index in [0.29, 0.717) is 11.3 Å². The number of rotatable bonds is 6. The molecule has 1 unspecified atom stereocenters.